The Hall–Kier alpha value is -3.62. The summed E-state index contributed by atoms with van der Waals surface area (Å²) in [5, 5.41) is 10.0. The number of hydrogen-bond donors (Lipinski definition) is 2. The molecule has 158 valence electrons. The molecule has 1 fully saturated rings. The van der Waals surface area contributed by atoms with Crippen LogP contribution in [0.25, 0.3) is 32.9 Å². The van der Waals surface area contributed by atoms with Gasteiger partial charge in [-0.25, -0.2) is 0 Å². The van der Waals surface area contributed by atoms with Crippen molar-refractivity contribution in [2.45, 2.75) is 25.6 Å². The minimum absolute atomic E-state index is 0.00952. The van der Waals surface area contributed by atoms with Crippen LogP contribution in [-0.2, 0) is 11.3 Å². The maximum absolute atomic E-state index is 13.3. The van der Waals surface area contributed by atoms with E-state index < -0.39 is 18.3 Å². The van der Waals surface area contributed by atoms with Crippen LogP contribution in [0.3, 0.4) is 0 Å². The number of rotatable bonds is 4. The van der Waals surface area contributed by atoms with Crippen LogP contribution in [0.15, 0.2) is 53.5 Å². The van der Waals surface area contributed by atoms with Gasteiger partial charge in [0.15, 0.2) is 0 Å². The molecule has 2 aromatic heterocycles. The van der Waals surface area contributed by atoms with Crippen molar-refractivity contribution in [3.8, 4) is 11.1 Å². The second-order valence-corrected chi connectivity index (χ2v) is 7.71. The maximum atomic E-state index is 13.3. The summed E-state index contributed by atoms with van der Waals surface area (Å²) in [4.78, 5) is 25.0. The van der Waals surface area contributed by atoms with Gasteiger partial charge in [-0.3, -0.25) is 19.3 Å². The molecule has 0 unspecified atom stereocenters. The first-order valence-electron chi connectivity index (χ1n) is 9.78. The number of aromatic nitrogens is 3. The lowest BCUT2D eigenvalue weighted by Gasteiger charge is -2.16. The van der Waals surface area contributed by atoms with Gasteiger partial charge in [-0.1, -0.05) is 30.3 Å². The van der Waals surface area contributed by atoms with Gasteiger partial charge >= 0.3 is 6.18 Å². The van der Waals surface area contributed by atoms with E-state index in [9.17, 15) is 22.8 Å². The smallest absolute Gasteiger partial charge is 0.325 e. The van der Waals surface area contributed by atoms with E-state index in [2.05, 4.69) is 15.5 Å². The van der Waals surface area contributed by atoms with Gasteiger partial charge < -0.3 is 5.32 Å². The van der Waals surface area contributed by atoms with Crippen LogP contribution in [0.5, 0.6) is 0 Å². The van der Waals surface area contributed by atoms with Crippen molar-refractivity contribution in [2.75, 3.05) is 5.32 Å². The van der Waals surface area contributed by atoms with Gasteiger partial charge in [0.2, 0.25) is 5.91 Å². The summed E-state index contributed by atoms with van der Waals surface area (Å²) >= 11 is 0. The molecule has 0 aliphatic heterocycles. The van der Waals surface area contributed by atoms with Crippen LogP contribution in [0.4, 0.5) is 18.9 Å². The predicted octanol–water partition coefficient (Wildman–Crippen LogP) is 4.46. The summed E-state index contributed by atoms with van der Waals surface area (Å²) in [6.45, 7) is -1.41. The zero-order valence-corrected chi connectivity index (χ0v) is 16.2. The fourth-order valence-electron chi connectivity index (χ4n) is 3.80. The number of halogens is 3. The molecule has 0 bridgehead atoms. The summed E-state index contributed by atoms with van der Waals surface area (Å²) in [6.07, 6.45) is -1.62. The van der Waals surface area contributed by atoms with Crippen molar-refractivity contribution in [1.29, 1.82) is 0 Å². The number of carbonyl (C=O) groups excluding carboxylic acids is 1. The fraction of sp³-hybridized carbons (Fsp3) is 0.227. The third-order valence-corrected chi connectivity index (χ3v) is 5.45. The normalized spacial score (nSPS) is 14.3. The van der Waals surface area contributed by atoms with Gasteiger partial charge in [0, 0.05) is 22.6 Å². The summed E-state index contributed by atoms with van der Waals surface area (Å²) in [6, 6.07) is 12.1. The topological polar surface area (TPSA) is 79.8 Å². The Labute approximate surface area is 173 Å². The molecule has 31 heavy (non-hydrogen) atoms. The summed E-state index contributed by atoms with van der Waals surface area (Å²) < 4.78 is 40.5. The number of alkyl halides is 3. The van der Waals surface area contributed by atoms with Crippen LogP contribution < -0.4 is 10.9 Å². The third kappa shape index (κ3) is 3.56. The Morgan fingerprint density at radius 3 is 2.68 bits per heavy atom. The van der Waals surface area contributed by atoms with E-state index in [1.165, 1.54) is 6.20 Å². The van der Waals surface area contributed by atoms with Crippen molar-refractivity contribution in [3.05, 3.63) is 59.0 Å². The van der Waals surface area contributed by atoms with E-state index in [-0.39, 0.29) is 22.7 Å². The molecule has 6 nitrogen and oxygen atoms in total. The molecule has 9 heteroatoms. The van der Waals surface area contributed by atoms with Crippen LogP contribution in [0.1, 0.15) is 12.8 Å². The Morgan fingerprint density at radius 2 is 1.94 bits per heavy atom. The van der Waals surface area contributed by atoms with Crippen LogP contribution >= 0.6 is 0 Å². The highest BCUT2D eigenvalue weighted by Crippen LogP contribution is 2.35. The minimum atomic E-state index is -4.57. The van der Waals surface area contributed by atoms with Crippen LogP contribution in [0.2, 0.25) is 0 Å². The first-order valence-corrected chi connectivity index (χ1v) is 9.78. The summed E-state index contributed by atoms with van der Waals surface area (Å²) in [5.74, 6) is -0.0586. The molecule has 1 aliphatic carbocycles. The first kappa shape index (κ1) is 19.3. The van der Waals surface area contributed by atoms with Gasteiger partial charge in [0.25, 0.3) is 5.56 Å². The minimum Gasteiger partial charge on any atom is -0.325 e. The average molecular weight is 426 g/mol. The van der Waals surface area contributed by atoms with Crippen molar-refractivity contribution < 1.29 is 18.0 Å². The van der Waals surface area contributed by atoms with Crippen LogP contribution in [0, 0.1) is 5.92 Å². The van der Waals surface area contributed by atoms with Crippen molar-refractivity contribution in [2.24, 2.45) is 5.92 Å². The Bertz CT molecular complexity index is 1380. The highest BCUT2D eigenvalue weighted by atomic mass is 19.4. The van der Waals surface area contributed by atoms with Crippen LogP contribution in [-0.4, -0.2) is 26.8 Å². The lowest BCUT2D eigenvalue weighted by Crippen LogP contribution is -2.28. The van der Waals surface area contributed by atoms with Gasteiger partial charge in [0.05, 0.1) is 22.6 Å². The van der Waals surface area contributed by atoms with E-state index in [1.54, 1.807) is 42.5 Å². The number of amides is 1. The average Bonchev–Trinajstić information content (AvgIpc) is 3.47. The zero-order chi connectivity index (χ0) is 21.8. The molecule has 4 aromatic rings. The maximum Gasteiger partial charge on any atom is 0.406 e. The number of benzene rings is 2. The largest absolute Gasteiger partial charge is 0.406 e. The molecule has 1 aliphatic rings. The van der Waals surface area contributed by atoms with Gasteiger partial charge in [-0.05, 0) is 30.5 Å². The molecule has 2 N–H and O–H groups in total. The third-order valence-electron chi connectivity index (χ3n) is 5.45. The molecule has 0 atom stereocenters. The van der Waals surface area contributed by atoms with Gasteiger partial charge in [-0.2, -0.15) is 18.3 Å². The Kier molecular flexibility index (Phi) is 4.35. The molecule has 0 spiro atoms. The van der Waals surface area contributed by atoms with Crippen molar-refractivity contribution in [1.82, 2.24) is 14.8 Å². The SMILES string of the molecule is O=C(Nc1ccccc1-c1ccc2c3[nH]ncc3c(=O)n(CC(F)(F)F)c2c1)C1CC1. The second kappa shape index (κ2) is 6.97. The molecular weight excluding hydrogens is 409 g/mol. The Morgan fingerprint density at radius 1 is 1.16 bits per heavy atom. The number of nitrogens with zero attached hydrogens (tertiary/aromatic N) is 2. The number of para-hydroxylation sites is 1. The first-order chi connectivity index (χ1) is 14.8. The monoisotopic (exact) mass is 426 g/mol. The lowest BCUT2D eigenvalue weighted by molar-refractivity contribution is -0.140. The van der Waals surface area contributed by atoms with E-state index in [4.69, 9.17) is 0 Å². The number of fused-ring (bicyclic) bond motifs is 3. The quantitative estimate of drug-likeness (QED) is 0.506. The molecule has 1 saturated carbocycles. The number of H-pyrrole nitrogens is 1. The molecule has 0 saturated heterocycles. The number of pyridine rings is 1. The molecule has 2 heterocycles. The van der Waals surface area contributed by atoms with Crippen molar-refractivity contribution in [3.63, 3.8) is 0 Å². The number of aromatic amines is 1. The van der Waals surface area contributed by atoms with E-state index in [0.717, 1.165) is 17.4 Å². The second-order valence-electron chi connectivity index (χ2n) is 7.71. The Balaban J connectivity index is 1.70. The summed E-state index contributed by atoms with van der Waals surface area (Å²) in [5.41, 5.74) is 1.59. The predicted molar refractivity (Wildman–Crippen MR) is 111 cm³/mol. The van der Waals surface area contributed by atoms with Crippen molar-refractivity contribution >= 4 is 33.4 Å². The number of nitrogens with one attached hydrogen (secondary N) is 2. The fourth-order valence-corrected chi connectivity index (χ4v) is 3.80. The standard InChI is InChI=1S/C22H17F3N4O2/c23-22(24,25)11-29-18-9-13(7-8-15(18)19-16(21(29)31)10-26-28-19)14-3-1-2-4-17(14)27-20(30)12-5-6-12/h1-4,7-10,12H,5-6,11H2,(H,26,28)(H,27,30). The van der Waals surface area contributed by atoms with Gasteiger partial charge in [0.1, 0.15) is 6.54 Å². The molecule has 1 amide bonds. The van der Waals surface area contributed by atoms with E-state index >= 15 is 0 Å². The highest BCUT2D eigenvalue weighted by molar-refractivity contribution is 6.05. The number of hydrogen-bond acceptors (Lipinski definition) is 3. The molecule has 0 radical (unpaired) electrons. The summed E-state index contributed by atoms with van der Waals surface area (Å²) in [7, 11) is 0. The van der Waals surface area contributed by atoms with Gasteiger partial charge in [-0.15, -0.1) is 0 Å². The lowest BCUT2D eigenvalue weighted by atomic mass is 10.0. The molecule has 5 rings (SSSR count). The number of anilines is 1. The van der Waals surface area contributed by atoms with E-state index in [1.807, 2.05) is 0 Å². The van der Waals surface area contributed by atoms with E-state index in [0.29, 0.717) is 27.7 Å². The molecular formula is C22H17F3N4O2. The highest BCUT2D eigenvalue weighted by Gasteiger charge is 2.31. The zero-order valence-electron chi connectivity index (χ0n) is 16.2. The number of carbonyl (C=O) groups is 1. The molecule has 2 aromatic carbocycles.